The number of carbonyl (C=O) groups excluding carboxylic acids is 1. The van der Waals surface area contributed by atoms with Gasteiger partial charge in [-0.15, -0.1) is 11.3 Å². The number of carbonyl (C=O) groups is 1. The second kappa shape index (κ2) is 9.80. The molecule has 1 aromatic heterocycles. The number of nitrogens with zero attached hydrogens (tertiary/aromatic N) is 2. The first-order valence-corrected chi connectivity index (χ1v) is 11.2. The van der Waals surface area contributed by atoms with E-state index in [1.807, 2.05) is 23.6 Å². The van der Waals surface area contributed by atoms with E-state index in [4.69, 9.17) is 23.2 Å². The number of ketones is 1. The Morgan fingerprint density at radius 1 is 1.00 bits per heavy atom. The average molecular weight is 476 g/mol. The molecule has 7 heteroatoms. The van der Waals surface area contributed by atoms with E-state index >= 15 is 0 Å². The number of aromatic nitrogens is 1. The molecule has 1 heterocycles. The second-order valence-electron chi connectivity index (χ2n) is 6.74. The Morgan fingerprint density at radius 3 is 2.44 bits per heavy atom. The summed E-state index contributed by atoms with van der Waals surface area (Å²) in [6, 6.07) is 23.5. The van der Waals surface area contributed by atoms with Crippen LogP contribution in [-0.2, 0) is 0 Å². The van der Waals surface area contributed by atoms with Gasteiger partial charge in [-0.05, 0) is 30.3 Å². The van der Waals surface area contributed by atoms with Crippen LogP contribution in [0.3, 0.4) is 0 Å². The number of anilines is 1. The number of thiazole rings is 1. The van der Waals surface area contributed by atoms with Gasteiger partial charge in [0.05, 0.1) is 5.69 Å². The lowest BCUT2D eigenvalue weighted by molar-refractivity contribution is 0.103. The summed E-state index contributed by atoms with van der Waals surface area (Å²) >= 11 is 13.5. The van der Waals surface area contributed by atoms with Gasteiger partial charge in [-0.3, -0.25) is 4.79 Å². The summed E-state index contributed by atoms with van der Waals surface area (Å²) in [6.45, 7) is 0. The van der Waals surface area contributed by atoms with Crippen molar-refractivity contribution in [1.82, 2.24) is 4.98 Å². The van der Waals surface area contributed by atoms with Crippen LogP contribution in [0.25, 0.3) is 16.8 Å². The molecule has 1 N–H and O–H groups in total. The fraction of sp³-hybridized carbons (Fsp3) is 0. The minimum Gasteiger partial charge on any atom is -0.360 e. The lowest BCUT2D eigenvalue weighted by Crippen LogP contribution is -2.05. The van der Waals surface area contributed by atoms with Crippen molar-refractivity contribution in [3.63, 3.8) is 0 Å². The first-order chi connectivity index (χ1) is 15.5. The van der Waals surface area contributed by atoms with E-state index in [1.165, 1.54) is 11.3 Å². The minimum absolute atomic E-state index is 0.165. The van der Waals surface area contributed by atoms with Crippen LogP contribution in [0.1, 0.15) is 20.9 Å². The van der Waals surface area contributed by atoms with Gasteiger partial charge in [0.15, 0.2) is 5.78 Å². The molecule has 0 fully saturated rings. The maximum absolute atomic E-state index is 13.0. The third-order valence-corrected chi connectivity index (χ3v) is 5.99. The number of nitrogens with one attached hydrogen (secondary N) is 1. The van der Waals surface area contributed by atoms with Crippen LogP contribution < -0.4 is 5.32 Å². The quantitative estimate of drug-likeness (QED) is 0.234. The Balaban J connectivity index is 1.62. The first-order valence-electron chi connectivity index (χ1n) is 9.53. The highest BCUT2D eigenvalue weighted by Gasteiger charge is 2.15. The number of rotatable bonds is 6. The highest BCUT2D eigenvalue weighted by molar-refractivity contribution is 7.11. The topological polar surface area (TPSA) is 65.8 Å². The Hall–Kier alpha value is -3.43. The molecule has 0 aliphatic rings. The van der Waals surface area contributed by atoms with Gasteiger partial charge in [0.2, 0.25) is 0 Å². The molecule has 4 nitrogen and oxygen atoms in total. The van der Waals surface area contributed by atoms with Gasteiger partial charge in [-0.25, -0.2) is 4.98 Å². The summed E-state index contributed by atoms with van der Waals surface area (Å²) in [6.07, 6.45) is 1.55. The van der Waals surface area contributed by atoms with Gasteiger partial charge in [0.1, 0.15) is 16.6 Å². The zero-order chi connectivity index (χ0) is 22.5. The van der Waals surface area contributed by atoms with Gasteiger partial charge in [-0.2, -0.15) is 5.26 Å². The zero-order valence-electron chi connectivity index (χ0n) is 16.5. The second-order valence-corrected chi connectivity index (χ2v) is 8.47. The van der Waals surface area contributed by atoms with Crippen molar-refractivity contribution in [2.24, 2.45) is 0 Å². The Bertz CT molecular complexity index is 1340. The highest BCUT2D eigenvalue weighted by atomic mass is 35.5. The van der Waals surface area contributed by atoms with Crippen molar-refractivity contribution in [2.75, 3.05) is 5.32 Å². The third-order valence-electron chi connectivity index (χ3n) is 4.63. The number of hydrogen-bond donors (Lipinski definition) is 1. The van der Waals surface area contributed by atoms with Crippen LogP contribution in [0.2, 0.25) is 10.0 Å². The Kier molecular flexibility index (Phi) is 6.67. The monoisotopic (exact) mass is 475 g/mol. The van der Waals surface area contributed by atoms with Crippen LogP contribution in [0.4, 0.5) is 5.69 Å². The molecule has 0 saturated carbocycles. The Morgan fingerprint density at radius 2 is 1.72 bits per heavy atom. The molecule has 0 radical (unpaired) electrons. The molecule has 0 unspecified atom stereocenters. The molecular formula is C25H15Cl2N3OS. The number of allylic oxidation sites excluding steroid dienone is 1. The van der Waals surface area contributed by atoms with Gasteiger partial charge < -0.3 is 5.32 Å². The number of halogens is 2. The van der Waals surface area contributed by atoms with Crippen LogP contribution in [0, 0.1) is 11.3 Å². The van der Waals surface area contributed by atoms with Gasteiger partial charge in [-0.1, -0.05) is 65.7 Å². The molecule has 4 rings (SSSR count). The molecule has 0 spiro atoms. The van der Waals surface area contributed by atoms with Crippen LogP contribution in [-0.4, -0.2) is 10.8 Å². The number of nitriles is 1. The SMILES string of the molecule is N#CC(=CNc1ccc(Cl)cc1C(=O)c1ccccc1)c1nc(-c2ccc(Cl)cc2)cs1. The van der Waals surface area contributed by atoms with E-state index in [0.29, 0.717) is 37.4 Å². The van der Waals surface area contributed by atoms with Crippen LogP contribution >= 0.6 is 34.5 Å². The highest BCUT2D eigenvalue weighted by Crippen LogP contribution is 2.28. The maximum Gasteiger partial charge on any atom is 0.195 e. The van der Waals surface area contributed by atoms with Crippen LogP contribution in [0.15, 0.2) is 84.4 Å². The smallest absolute Gasteiger partial charge is 0.195 e. The zero-order valence-corrected chi connectivity index (χ0v) is 18.9. The molecule has 0 amide bonds. The van der Waals surface area contributed by atoms with E-state index in [9.17, 15) is 10.1 Å². The molecule has 4 aromatic rings. The van der Waals surface area contributed by atoms with E-state index in [1.54, 1.807) is 60.8 Å². The summed E-state index contributed by atoms with van der Waals surface area (Å²) in [5.41, 5.74) is 3.53. The third kappa shape index (κ3) is 4.90. The summed E-state index contributed by atoms with van der Waals surface area (Å²) in [7, 11) is 0. The summed E-state index contributed by atoms with van der Waals surface area (Å²) in [5, 5.41) is 16.3. The molecule has 0 aliphatic heterocycles. The van der Waals surface area contributed by atoms with Crippen molar-refractivity contribution < 1.29 is 4.79 Å². The number of benzene rings is 3. The minimum atomic E-state index is -0.165. The molecule has 3 aromatic carbocycles. The molecule has 0 saturated heterocycles. The lowest BCUT2D eigenvalue weighted by Gasteiger charge is -2.10. The molecule has 32 heavy (non-hydrogen) atoms. The van der Waals surface area contributed by atoms with E-state index in [0.717, 1.165) is 11.3 Å². The Labute approximate surface area is 199 Å². The van der Waals surface area contributed by atoms with Crippen molar-refractivity contribution in [2.45, 2.75) is 0 Å². The lowest BCUT2D eigenvalue weighted by atomic mass is 10.0. The summed E-state index contributed by atoms with van der Waals surface area (Å²) in [5.74, 6) is -0.165. The molecule has 156 valence electrons. The predicted molar refractivity (Wildman–Crippen MR) is 131 cm³/mol. The van der Waals surface area contributed by atoms with E-state index in [2.05, 4.69) is 16.4 Å². The van der Waals surface area contributed by atoms with Crippen molar-refractivity contribution >= 4 is 51.6 Å². The van der Waals surface area contributed by atoms with Gasteiger partial charge >= 0.3 is 0 Å². The largest absolute Gasteiger partial charge is 0.360 e. The van der Waals surface area contributed by atoms with Crippen molar-refractivity contribution in [1.29, 1.82) is 5.26 Å². The fourth-order valence-electron chi connectivity index (χ4n) is 3.02. The van der Waals surface area contributed by atoms with Gasteiger partial charge in [0, 0.05) is 44.0 Å². The van der Waals surface area contributed by atoms with Gasteiger partial charge in [0.25, 0.3) is 0 Å². The summed E-state index contributed by atoms with van der Waals surface area (Å²) in [4.78, 5) is 17.6. The summed E-state index contributed by atoms with van der Waals surface area (Å²) < 4.78 is 0. The number of hydrogen-bond acceptors (Lipinski definition) is 5. The van der Waals surface area contributed by atoms with Crippen molar-refractivity contribution in [3.05, 3.63) is 111 Å². The molecule has 0 atom stereocenters. The molecule has 0 aliphatic carbocycles. The van der Waals surface area contributed by atoms with E-state index in [-0.39, 0.29) is 5.78 Å². The first kappa shape index (κ1) is 21.8. The normalized spacial score (nSPS) is 11.1. The van der Waals surface area contributed by atoms with E-state index < -0.39 is 0 Å². The predicted octanol–water partition coefficient (Wildman–Crippen LogP) is 7.32. The molecular weight excluding hydrogens is 461 g/mol. The maximum atomic E-state index is 13.0. The van der Waals surface area contributed by atoms with Crippen LogP contribution in [0.5, 0.6) is 0 Å². The standard InChI is InChI=1S/C25H15Cl2N3OS/c26-19-8-6-16(7-9-19)23-15-32-25(30-23)18(13-28)14-29-22-11-10-20(27)12-21(22)24(31)17-4-2-1-3-5-17/h1-12,14-15,29H. The average Bonchev–Trinajstić information content (AvgIpc) is 3.31. The molecule has 0 bridgehead atoms. The van der Waals surface area contributed by atoms with Crippen molar-refractivity contribution in [3.8, 4) is 17.3 Å². The fourth-order valence-corrected chi connectivity index (χ4v) is 4.11.